The SMILES string of the molecule is COCC1CN(CCOc2ccc(-c3ccc(CC(=O)NCc4ccccc4)nc3)cc2)C1. The summed E-state index contributed by atoms with van der Waals surface area (Å²) in [6, 6.07) is 21.9. The Kier molecular flexibility index (Phi) is 8.06. The molecule has 1 N–H and O–H groups in total. The molecule has 2 heterocycles. The van der Waals surface area contributed by atoms with Crippen LogP contribution in [0.3, 0.4) is 0 Å². The number of methoxy groups -OCH3 is 1. The molecule has 33 heavy (non-hydrogen) atoms. The van der Waals surface area contributed by atoms with Crippen LogP contribution in [0.1, 0.15) is 11.3 Å². The van der Waals surface area contributed by atoms with E-state index in [4.69, 9.17) is 9.47 Å². The highest BCUT2D eigenvalue weighted by atomic mass is 16.5. The molecule has 6 heteroatoms. The number of ether oxygens (including phenoxy) is 2. The molecule has 2 aromatic carbocycles. The van der Waals surface area contributed by atoms with E-state index in [-0.39, 0.29) is 12.3 Å². The third kappa shape index (κ3) is 6.88. The molecular weight excluding hydrogens is 414 g/mol. The maximum Gasteiger partial charge on any atom is 0.226 e. The minimum atomic E-state index is -0.0342. The fourth-order valence-corrected chi connectivity index (χ4v) is 3.96. The molecule has 172 valence electrons. The molecule has 0 atom stereocenters. The minimum Gasteiger partial charge on any atom is -0.492 e. The number of aromatic nitrogens is 1. The summed E-state index contributed by atoms with van der Waals surface area (Å²) in [5.74, 6) is 1.50. The quantitative estimate of drug-likeness (QED) is 0.489. The first-order valence-electron chi connectivity index (χ1n) is 11.4. The van der Waals surface area contributed by atoms with Gasteiger partial charge >= 0.3 is 0 Å². The van der Waals surface area contributed by atoms with E-state index < -0.39 is 0 Å². The second-order valence-electron chi connectivity index (χ2n) is 8.43. The summed E-state index contributed by atoms with van der Waals surface area (Å²) in [6.45, 7) is 5.17. The second kappa shape index (κ2) is 11.6. The number of hydrogen-bond acceptors (Lipinski definition) is 5. The first-order chi connectivity index (χ1) is 16.2. The Balaban J connectivity index is 1.20. The Bertz CT molecular complexity index is 1000. The summed E-state index contributed by atoms with van der Waals surface area (Å²) < 4.78 is 11.1. The molecule has 0 radical (unpaired) electrons. The van der Waals surface area contributed by atoms with Gasteiger partial charge in [0.1, 0.15) is 12.4 Å². The van der Waals surface area contributed by atoms with Crippen LogP contribution in [0.25, 0.3) is 11.1 Å². The third-order valence-electron chi connectivity index (χ3n) is 5.80. The van der Waals surface area contributed by atoms with Crippen molar-refractivity contribution < 1.29 is 14.3 Å². The number of pyridine rings is 1. The molecule has 6 nitrogen and oxygen atoms in total. The van der Waals surface area contributed by atoms with Gasteiger partial charge in [-0.2, -0.15) is 0 Å². The van der Waals surface area contributed by atoms with Crippen molar-refractivity contribution in [1.82, 2.24) is 15.2 Å². The fraction of sp³-hybridized carbons (Fsp3) is 0.333. The highest BCUT2D eigenvalue weighted by Gasteiger charge is 2.25. The van der Waals surface area contributed by atoms with E-state index in [0.29, 0.717) is 19.1 Å². The highest BCUT2D eigenvalue weighted by molar-refractivity contribution is 5.78. The molecule has 1 aliphatic heterocycles. The van der Waals surface area contributed by atoms with Crippen molar-refractivity contribution >= 4 is 5.91 Å². The molecule has 1 fully saturated rings. The Labute approximate surface area is 195 Å². The fourth-order valence-electron chi connectivity index (χ4n) is 3.96. The first kappa shape index (κ1) is 23.0. The maximum absolute atomic E-state index is 12.2. The predicted molar refractivity (Wildman–Crippen MR) is 129 cm³/mol. The number of carbonyl (C=O) groups excluding carboxylic acids is 1. The second-order valence-corrected chi connectivity index (χ2v) is 8.43. The van der Waals surface area contributed by atoms with Crippen molar-refractivity contribution in [2.45, 2.75) is 13.0 Å². The van der Waals surface area contributed by atoms with E-state index in [1.165, 1.54) is 0 Å². The molecule has 0 aliphatic carbocycles. The Morgan fingerprint density at radius 1 is 1.03 bits per heavy atom. The summed E-state index contributed by atoms with van der Waals surface area (Å²) in [6.07, 6.45) is 2.08. The van der Waals surface area contributed by atoms with Crippen molar-refractivity contribution in [2.24, 2.45) is 5.92 Å². The monoisotopic (exact) mass is 445 g/mol. The largest absolute Gasteiger partial charge is 0.492 e. The molecule has 0 saturated carbocycles. The number of amides is 1. The van der Waals surface area contributed by atoms with Gasteiger partial charge in [-0.05, 0) is 29.3 Å². The van der Waals surface area contributed by atoms with Crippen LogP contribution in [0.2, 0.25) is 0 Å². The third-order valence-corrected chi connectivity index (χ3v) is 5.80. The van der Waals surface area contributed by atoms with E-state index in [0.717, 1.165) is 54.4 Å². The van der Waals surface area contributed by atoms with Gasteiger partial charge in [-0.15, -0.1) is 0 Å². The molecule has 1 amide bonds. The number of nitrogens with one attached hydrogen (secondary N) is 1. The van der Waals surface area contributed by atoms with Gasteiger partial charge in [-0.25, -0.2) is 0 Å². The molecule has 0 bridgehead atoms. The van der Waals surface area contributed by atoms with E-state index in [9.17, 15) is 4.79 Å². The van der Waals surface area contributed by atoms with Crippen molar-refractivity contribution in [3.8, 4) is 16.9 Å². The van der Waals surface area contributed by atoms with Crippen molar-refractivity contribution in [3.05, 3.63) is 84.2 Å². The lowest BCUT2D eigenvalue weighted by Gasteiger charge is -2.38. The van der Waals surface area contributed by atoms with Crippen LogP contribution in [0, 0.1) is 5.92 Å². The van der Waals surface area contributed by atoms with Gasteiger partial charge in [0, 0.05) is 56.7 Å². The molecule has 3 aromatic rings. The molecule has 1 aliphatic rings. The number of likely N-dealkylation sites (tertiary alicyclic amines) is 1. The molecule has 1 aromatic heterocycles. The molecular formula is C27H31N3O3. The van der Waals surface area contributed by atoms with Gasteiger partial charge in [0.05, 0.1) is 13.0 Å². The number of nitrogens with zero attached hydrogens (tertiary/aromatic N) is 2. The number of benzene rings is 2. The van der Waals surface area contributed by atoms with Gasteiger partial charge < -0.3 is 14.8 Å². The molecule has 1 saturated heterocycles. The van der Waals surface area contributed by atoms with Gasteiger partial charge in [-0.3, -0.25) is 14.7 Å². The van der Waals surface area contributed by atoms with E-state index >= 15 is 0 Å². The lowest BCUT2D eigenvalue weighted by Crippen LogP contribution is -2.49. The lowest BCUT2D eigenvalue weighted by molar-refractivity contribution is -0.120. The zero-order valence-corrected chi connectivity index (χ0v) is 19.1. The highest BCUT2D eigenvalue weighted by Crippen LogP contribution is 2.22. The summed E-state index contributed by atoms with van der Waals surface area (Å²) >= 11 is 0. The van der Waals surface area contributed by atoms with Gasteiger partial charge in [0.25, 0.3) is 0 Å². The maximum atomic E-state index is 12.2. The van der Waals surface area contributed by atoms with Crippen LogP contribution < -0.4 is 10.1 Å². The van der Waals surface area contributed by atoms with Crippen molar-refractivity contribution in [2.75, 3.05) is 40.0 Å². The average molecular weight is 446 g/mol. The summed E-state index contributed by atoms with van der Waals surface area (Å²) in [5.41, 5.74) is 3.92. The lowest BCUT2D eigenvalue weighted by atomic mass is 10.0. The zero-order valence-electron chi connectivity index (χ0n) is 19.1. The van der Waals surface area contributed by atoms with Gasteiger partial charge in [0.15, 0.2) is 0 Å². The van der Waals surface area contributed by atoms with Gasteiger partial charge in [0.2, 0.25) is 5.91 Å². The van der Waals surface area contributed by atoms with Crippen LogP contribution >= 0.6 is 0 Å². The van der Waals surface area contributed by atoms with E-state index in [1.807, 2.05) is 72.9 Å². The zero-order chi connectivity index (χ0) is 22.9. The van der Waals surface area contributed by atoms with Crippen LogP contribution in [0.15, 0.2) is 72.9 Å². The Hall–Kier alpha value is -3.22. The summed E-state index contributed by atoms with van der Waals surface area (Å²) in [7, 11) is 1.76. The Morgan fingerprint density at radius 3 is 2.48 bits per heavy atom. The van der Waals surface area contributed by atoms with Crippen LogP contribution in [0.4, 0.5) is 0 Å². The van der Waals surface area contributed by atoms with E-state index in [1.54, 1.807) is 7.11 Å². The first-order valence-corrected chi connectivity index (χ1v) is 11.4. The summed E-state index contributed by atoms with van der Waals surface area (Å²) in [5, 5.41) is 2.94. The standard InChI is InChI=1S/C27H31N3O3/c1-32-20-22-18-30(19-22)13-14-33-26-11-8-23(9-12-26)24-7-10-25(28-17-24)15-27(31)29-16-21-5-3-2-4-6-21/h2-12,17,22H,13-16,18-20H2,1H3,(H,29,31). The normalized spacial score (nSPS) is 14.0. The van der Waals surface area contributed by atoms with Crippen molar-refractivity contribution in [3.63, 3.8) is 0 Å². The molecule has 0 spiro atoms. The molecule has 4 rings (SSSR count). The van der Waals surface area contributed by atoms with Crippen LogP contribution in [-0.2, 0) is 22.5 Å². The Morgan fingerprint density at radius 2 is 1.79 bits per heavy atom. The molecule has 0 unspecified atom stereocenters. The number of carbonyl (C=O) groups is 1. The van der Waals surface area contributed by atoms with Crippen molar-refractivity contribution in [1.29, 1.82) is 0 Å². The average Bonchev–Trinajstić information content (AvgIpc) is 2.83. The van der Waals surface area contributed by atoms with Crippen LogP contribution in [-0.4, -0.2) is 55.7 Å². The minimum absolute atomic E-state index is 0.0342. The number of rotatable bonds is 11. The van der Waals surface area contributed by atoms with E-state index in [2.05, 4.69) is 15.2 Å². The van der Waals surface area contributed by atoms with Gasteiger partial charge in [-0.1, -0.05) is 48.5 Å². The number of hydrogen-bond donors (Lipinski definition) is 1. The predicted octanol–water partition coefficient (Wildman–Crippen LogP) is 3.56. The summed E-state index contributed by atoms with van der Waals surface area (Å²) in [4.78, 5) is 19.1. The smallest absolute Gasteiger partial charge is 0.226 e. The topological polar surface area (TPSA) is 63.7 Å². The van der Waals surface area contributed by atoms with Crippen LogP contribution in [0.5, 0.6) is 5.75 Å².